The van der Waals surface area contributed by atoms with Crippen LogP contribution in [-0.4, -0.2) is 57.6 Å². The van der Waals surface area contributed by atoms with Crippen LogP contribution in [-0.2, 0) is 26.2 Å². The summed E-state index contributed by atoms with van der Waals surface area (Å²) in [4.78, 5) is 28.1. The van der Waals surface area contributed by atoms with E-state index in [4.69, 9.17) is 4.74 Å². The fourth-order valence-electron chi connectivity index (χ4n) is 3.70. The molecule has 2 aromatic carbocycles. The minimum atomic E-state index is -3.79. The van der Waals surface area contributed by atoms with Crippen LogP contribution in [0, 0.1) is 6.92 Å². The number of ether oxygens (including phenoxy) is 1. The van der Waals surface area contributed by atoms with Crippen molar-refractivity contribution in [2.24, 2.45) is 0 Å². The molecule has 0 bridgehead atoms. The molecule has 0 heterocycles. The van der Waals surface area contributed by atoms with Gasteiger partial charge in [-0.15, -0.1) is 0 Å². The monoisotopic (exact) mass is 503 g/mol. The average Bonchev–Trinajstić information content (AvgIpc) is 2.83. The highest BCUT2D eigenvalue weighted by Gasteiger charge is 2.31. The van der Waals surface area contributed by atoms with Gasteiger partial charge in [0.1, 0.15) is 18.3 Å². The van der Waals surface area contributed by atoms with Gasteiger partial charge in [-0.2, -0.15) is 0 Å². The summed E-state index contributed by atoms with van der Waals surface area (Å²) in [7, 11) is -2.30. The average molecular weight is 504 g/mol. The zero-order valence-corrected chi connectivity index (χ0v) is 22.1. The van der Waals surface area contributed by atoms with E-state index >= 15 is 0 Å². The molecule has 2 amide bonds. The van der Waals surface area contributed by atoms with Crippen molar-refractivity contribution < 1.29 is 22.7 Å². The molecule has 0 unspecified atom stereocenters. The third-order valence-corrected chi connectivity index (χ3v) is 6.85. The number of sulfonamides is 1. The first kappa shape index (κ1) is 28.2. The van der Waals surface area contributed by atoms with Crippen molar-refractivity contribution in [2.45, 2.75) is 52.6 Å². The lowest BCUT2D eigenvalue weighted by Crippen LogP contribution is -2.52. The summed E-state index contributed by atoms with van der Waals surface area (Å²) in [6.07, 6.45) is 3.23. The van der Waals surface area contributed by atoms with E-state index < -0.39 is 28.5 Å². The fraction of sp³-hybridized carbons (Fsp3) is 0.462. The second-order valence-electron chi connectivity index (χ2n) is 8.55. The highest BCUT2D eigenvalue weighted by atomic mass is 32.2. The van der Waals surface area contributed by atoms with Crippen LogP contribution in [0.4, 0.5) is 5.69 Å². The minimum absolute atomic E-state index is 0.189. The van der Waals surface area contributed by atoms with Crippen LogP contribution in [0.25, 0.3) is 0 Å². The molecule has 0 saturated carbocycles. The van der Waals surface area contributed by atoms with Crippen molar-refractivity contribution in [3.8, 4) is 5.75 Å². The van der Waals surface area contributed by atoms with Crippen molar-refractivity contribution in [1.29, 1.82) is 0 Å². The van der Waals surface area contributed by atoms with Crippen LogP contribution in [0.5, 0.6) is 5.75 Å². The Morgan fingerprint density at radius 2 is 1.77 bits per heavy atom. The lowest BCUT2D eigenvalue weighted by molar-refractivity contribution is -0.140. The molecular weight excluding hydrogens is 466 g/mol. The number of anilines is 1. The number of nitrogens with zero attached hydrogens (tertiary/aromatic N) is 2. The molecule has 0 aliphatic carbocycles. The van der Waals surface area contributed by atoms with Crippen molar-refractivity contribution in [2.75, 3.05) is 30.8 Å². The van der Waals surface area contributed by atoms with Gasteiger partial charge in [0, 0.05) is 19.2 Å². The summed E-state index contributed by atoms with van der Waals surface area (Å²) in [6.45, 7) is 6.13. The van der Waals surface area contributed by atoms with Gasteiger partial charge < -0.3 is 15.0 Å². The number of nitrogens with one attached hydrogen (secondary N) is 1. The van der Waals surface area contributed by atoms with E-state index in [0.29, 0.717) is 24.4 Å². The molecule has 35 heavy (non-hydrogen) atoms. The summed E-state index contributed by atoms with van der Waals surface area (Å²) in [5.41, 5.74) is 2.25. The topological polar surface area (TPSA) is 96.0 Å². The third-order valence-electron chi connectivity index (χ3n) is 5.71. The van der Waals surface area contributed by atoms with Crippen LogP contribution in [0.1, 0.15) is 44.2 Å². The van der Waals surface area contributed by atoms with E-state index in [-0.39, 0.29) is 12.5 Å². The highest BCUT2D eigenvalue weighted by molar-refractivity contribution is 7.92. The van der Waals surface area contributed by atoms with Crippen molar-refractivity contribution in [1.82, 2.24) is 10.2 Å². The maximum Gasteiger partial charge on any atom is 0.244 e. The predicted octanol–water partition coefficient (Wildman–Crippen LogP) is 3.49. The Morgan fingerprint density at radius 3 is 2.34 bits per heavy atom. The molecule has 0 saturated heterocycles. The Kier molecular flexibility index (Phi) is 10.6. The van der Waals surface area contributed by atoms with Crippen molar-refractivity contribution in [3.63, 3.8) is 0 Å². The molecule has 0 aliphatic rings. The number of benzene rings is 2. The molecule has 8 nitrogen and oxygen atoms in total. The summed E-state index contributed by atoms with van der Waals surface area (Å²) in [5, 5.41) is 2.91. The number of carbonyl (C=O) groups excluding carboxylic acids is 2. The Balaban J connectivity index is 2.40. The molecular formula is C26H37N3O5S. The lowest BCUT2D eigenvalue weighted by Gasteiger charge is -2.33. The number of unbranched alkanes of at least 4 members (excludes halogenated alkanes) is 1. The molecule has 0 fully saturated rings. The summed E-state index contributed by atoms with van der Waals surface area (Å²) >= 11 is 0. The second kappa shape index (κ2) is 13.1. The van der Waals surface area contributed by atoms with E-state index in [9.17, 15) is 18.0 Å². The number of amides is 2. The normalized spacial score (nSPS) is 12.0. The SMILES string of the molecule is CCCCNC(=O)[C@@H](CC)N(Cc1ccc(C)cc1)C(=O)CN(c1cccc(OC)c1)S(C)(=O)=O. The predicted molar refractivity (Wildman–Crippen MR) is 139 cm³/mol. The molecule has 0 aliphatic heterocycles. The number of aryl methyl sites for hydroxylation is 1. The first-order valence-electron chi connectivity index (χ1n) is 11.8. The van der Waals surface area contributed by atoms with E-state index in [2.05, 4.69) is 5.32 Å². The molecule has 0 spiro atoms. The Bertz CT molecular complexity index is 1090. The third kappa shape index (κ3) is 8.28. The molecule has 9 heteroatoms. The van der Waals surface area contributed by atoms with Gasteiger partial charge in [-0.3, -0.25) is 13.9 Å². The second-order valence-corrected chi connectivity index (χ2v) is 10.5. The fourth-order valence-corrected chi connectivity index (χ4v) is 4.54. The number of hydrogen-bond acceptors (Lipinski definition) is 5. The van der Waals surface area contributed by atoms with E-state index in [1.165, 1.54) is 12.0 Å². The standard InChI is InChI=1S/C26H37N3O5S/c1-6-8-16-27-26(31)24(7-2)28(18-21-14-12-20(3)13-15-21)25(30)19-29(35(5,32)33)22-10-9-11-23(17-22)34-4/h9-15,17,24H,6-8,16,18-19H2,1-5H3,(H,27,31)/t24-/m1/s1. The Labute approximate surface area is 209 Å². The van der Waals surface area contributed by atoms with Crippen LogP contribution >= 0.6 is 0 Å². The number of carbonyl (C=O) groups is 2. The zero-order chi connectivity index (χ0) is 26.0. The van der Waals surface area contributed by atoms with Gasteiger partial charge in [-0.25, -0.2) is 8.42 Å². The van der Waals surface area contributed by atoms with Crippen LogP contribution in [0.2, 0.25) is 0 Å². The van der Waals surface area contributed by atoms with Gasteiger partial charge in [0.15, 0.2) is 0 Å². The smallest absolute Gasteiger partial charge is 0.244 e. The van der Waals surface area contributed by atoms with Crippen LogP contribution in [0.3, 0.4) is 0 Å². The molecule has 0 aromatic heterocycles. The minimum Gasteiger partial charge on any atom is -0.497 e. The molecule has 0 radical (unpaired) electrons. The molecule has 1 atom stereocenters. The number of methoxy groups -OCH3 is 1. The Morgan fingerprint density at radius 1 is 1.09 bits per heavy atom. The van der Waals surface area contributed by atoms with E-state index in [1.54, 1.807) is 24.3 Å². The van der Waals surface area contributed by atoms with Crippen LogP contribution in [0.15, 0.2) is 48.5 Å². The number of hydrogen-bond donors (Lipinski definition) is 1. The van der Waals surface area contributed by atoms with Gasteiger partial charge in [0.05, 0.1) is 19.1 Å². The van der Waals surface area contributed by atoms with E-state index in [1.807, 2.05) is 45.0 Å². The Hall–Kier alpha value is -3.07. The summed E-state index contributed by atoms with van der Waals surface area (Å²) in [6, 6.07) is 13.5. The summed E-state index contributed by atoms with van der Waals surface area (Å²) < 4.78 is 31.6. The number of rotatable bonds is 13. The van der Waals surface area contributed by atoms with E-state index in [0.717, 1.165) is 34.5 Å². The largest absolute Gasteiger partial charge is 0.497 e. The molecule has 1 N–H and O–H groups in total. The molecule has 192 valence electrons. The van der Waals surface area contributed by atoms with Crippen molar-refractivity contribution in [3.05, 3.63) is 59.7 Å². The van der Waals surface area contributed by atoms with Gasteiger partial charge in [-0.05, 0) is 37.5 Å². The van der Waals surface area contributed by atoms with Gasteiger partial charge in [0.25, 0.3) is 0 Å². The van der Waals surface area contributed by atoms with Gasteiger partial charge >= 0.3 is 0 Å². The van der Waals surface area contributed by atoms with Gasteiger partial charge in [0.2, 0.25) is 21.8 Å². The van der Waals surface area contributed by atoms with Crippen molar-refractivity contribution >= 4 is 27.5 Å². The first-order chi connectivity index (χ1) is 16.6. The maximum absolute atomic E-state index is 13.6. The molecule has 2 rings (SSSR count). The lowest BCUT2D eigenvalue weighted by atomic mass is 10.1. The zero-order valence-electron chi connectivity index (χ0n) is 21.3. The van der Waals surface area contributed by atoms with Crippen LogP contribution < -0.4 is 14.4 Å². The molecule has 2 aromatic rings. The van der Waals surface area contributed by atoms with Gasteiger partial charge in [-0.1, -0.05) is 56.2 Å². The first-order valence-corrected chi connectivity index (χ1v) is 13.7. The maximum atomic E-state index is 13.6. The highest BCUT2D eigenvalue weighted by Crippen LogP contribution is 2.24. The quantitative estimate of drug-likeness (QED) is 0.422. The summed E-state index contributed by atoms with van der Waals surface area (Å²) in [5.74, 6) is -0.230.